The van der Waals surface area contributed by atoms with Crippen LogP contribution in [0.25, 0.3) is 0 Å². The first kappa shape index (κ1) is 6.85. The van der Waals surface area contributed by atoms with Gasteiger partial charge in [-0.3, -0.25) is 0 Å². The highest BCUT2D eigenvalue weighted by Crippen LogP contribution is 2.24. The summed E-state index contributed by atoms with van der Waals surface area (Å²) in [7, 11) is 0. The maximum atomic E-state index is 11.8. The van der Waals surface area contributed by atoms with Crippen molar-refractivity contribution in [3.8, 4) is 0 Å². The van der Waals surface area contributed by atoms with Crippen LogP contribution in [0.5, 0.6) is 0 Å². The standard InChI is InChI=1S/C2H4Br2FN/c3-2(4,5)1-6/h1,6H2. The monoisotopic (exact) mass is 219 g/mol. The predicted molar refractivity (Wildman–Crippen MR) is 30.7 cm³/mol. The molecular weight excluding hydrogens is 217 g/mol. The van der Waals surface area contributed by atoms with E-state index in [-0.39, 0.29) is 6.54 Å². The lowest BCUT2D eigenvalue weighted by atomic mass is 10.8. The smallest absolute Gasteiger partial charge is 0.230 e. The molecule has 0 atom stereocenters. The molecule has 0 aliphatic heterocycles. The van der Waals surface area contributed by atoms with Crippen LogP contribution in [0, 0.1) is 0 Å². The summed E-state index contributed by atoms with van der Waals surface area (Å²) in [4.78, 5) is 0. The van der Waals surface area contributed by atoms with Gasteiger partial charge in [0.25, 0.3) is 0 Å². The third-order valence-electron chi connectivity index (χ3n) is 0.231. The summed E-state index contributed by atoms with van der Waals surface area (Å²) >= 11 is 5.20. The van der Waals surface area contributed by atoms with Crippen molar-refractivity contribution in [2.45, 2.75) is 3.49 Å². The van der Waals surface area contributed by atoms with Gasteiger partial charge in [0.2, 0.25) is 3.49 Å². The lowest BCUT2D eigenvalue weighted by Gasteiger charge is -2.01. The zero-order chi connectivity index (χ0) is 5.21. The maximum Gasteiger partial charge on any atom is 0.230 e. The van der Waals surface area contributed by atoms with Gasteiger partial charge < -0.3 is 5.73 Å². The van der Waals surface area contributed by atoms with Crippen LogP contribution in [0.1, 0.15) is 0 Å². The maximum absolute atomic E-state index is 11.8. The van der Waals surface area contributed by atoms with Crippen LogP contribution in [0.15, 0.2) is 0 Å². The van der Waals surface area contributed by atoms with Gasteiger partial charge in [-0.15, -0.1) is 0 Å². The Kier molecular flexibility index (Phi) is 2.55. The van der Waals surface area contributed by atoms with Crippen molar-refractivity contribution in [2.24, 2.45) is 5.73 Å². The molecule has 0 radical (unpaired) electrons. The van der Waals surface area contributed by atoms with Gasteiger partial charge in [-0.2, -0.15) is 0 Å². The Balaban J connectivity index is 3.17. The first-order valence-electron chi connectivity index (χ1n) is 1.33. The minimum atomic E-state index is -1.56. The van der Waals surface area contributed by atoms with E-state index in [1.54, 1.807) is 0 Å². The Labute approximate surface area is 52.3 Å². The van der Waals surface area contributed by atoms with E-state index in [9.17, 15) is 4.39 Å². The fourth-order valence-corrected chi connectivity index (χ4v) is 0. The molecule has 0 amide bonds. The first-order chi connectivity index (χ1) is 2.56. The lowest BCUT2D eigenvalue weighted by molar-refractivity contribution is 0.438. The highest BCUT2D eigenvalue weighted by molar-refractivity contribution is 9.25. The third kappa shape index (κ3) is 4.85. The van der Waals surface area contributed by atoms with E-state index in [1.165, 1.54) is 0 Å². The van der Waals surface area contributed by atoms with Gasteiger partial charge in [0.05, 0.1) is 0 Å². The van der Waals surface area contributed by atoms with Crippen LogP contribution >= 0.6 is 31.9 Å². The summed E-state index contributed by atoms with van der Waals surface area (Å²) in [5.74, 6) is 0. The second kappa shape index (κ2) is 2.23. The lowest BCUT2D eigenvalue weighted by Crippen LogP contribution is -2.17. The molecule has 0 aliphatic carbocycles. The van der Waals surface area contributed by atoms with Crippen molar-refractivity contribution in [1.82, 2.24) is 0 Å². The molecule has 6 heavy (non-hydrogen) atoms. The van der Waals surface area contributed by atoms with Crippen LogP contribution in [-0.2, 0) is 0 Å². The summed E-state index contributed by atoms with van der Waals surface area (Å²) < 4.78 is 10.3. The van der Waals surface area contributed by atoms with E-state index in [0.717, 1.165) is 0 Å². The fraction of sp³-hybridized carbons (Fsp3) is 1.00. The minimum Gasteiger partial charge on any atom is -0.326 e. The average molecular weight is 221 g/mol. The molecule has 38 valence electrons. The quantitative estimate of drug-likeness (QED) is 0.664. The van der Waals surface area contributed by atoms with Gasteiger partial charge >= 0.3 is 0 Å². The largest absolute Gasteiger partial charge is 0.326 e. The molecule has 0 aliphatic rings. The van der Waals surface area contributed by atoms with E-state index >= 15 is 0 Å². The Morgan fingerprint density at radius 2 is 1.83 bits per heavy atom. The zero-order valence-electron chi connectivity index (χ0n) is 2.92. The van der Waals surface area contributed by atoms with Gasteiger partial charge in [0, 0.05) is 6.54 Å². The molecule has 4 heteroatoms. The Hall–Kier alpha value is 0.850. The molecule has 0 rings (SSSR count). The van der Waals surface area contributed by atoms with Crippen molar-refractivity contribution in [3.63, 3.8) is 0 Å². The van der Waals surface area contributed by atoms with Crippen LogP contribution in [0.3, 0.4) is 0 Å². The number of rotatable bonds is 1. The summed E-state index contributed by atoms with van der Waals surface area (Å²) in [5.41, 5.74) is 4.84. The first-order valence-corrected chi connectivity index (χ1v) is 2.91. The molecule has 0 aromatic carbocycles. The molecule has 0 unspecified atom stereocenters. The summed E-state index contributed by atoms with van der Waals surface area (Å²) in [6.45, 7) is -0.0625. The second-order valence-corrected chi connectivity index (χ2v) is 4.40. The molecule has 0 aromatic rings. The zero-order valence-corrected chi connectivity index (χ0v) is 6.09. The molecule has 0 bridgehead atoms. The van der Waals surface area contributed by atoms with Gasteiger partial charge in [0.1, 0.15) is 0 Å². The third-order valence-corrected chi connectivity index (χ3v) is 0.879. The average Bonchev–Trinajstić information content (AvgIpc) is 1.35. The molecule has 2 N–H and O–H groups in total. The van der Waals surface area contributed by atoms with Crippen LogP contribution in [0.2, 0.25) is 0 Å². The SMILES string of the molecule is NCC(F)(Br)Br. The predicted octanol–water partition coefficient (Wildman–Crippen LogP) is 1.36. The highest BCUT2D eigenvalue weighted by atomic mass is 79.9. The van der Waals surface area contributed by atoms with E-state index in [4.69, 9.17) is 5.73 Å². The van der Waals surface area contributed by atoms with Gasteiger partial charge in [-0.05, 0) is 31.9 Å². The Morgan fingerprint density at radius 1 is 1.67 bits per heavy atom. The molecule has 0 spiro atoms. The van der Waals surface area contributed by atoms with Crippen molar-refractivity contribution >= 4 is 31.9 Å². The fourth-order valence-electron chi connectivity index (χ4n) is 0. The van der Waals surface area contributed by atoms with Crippen LogP contribution < -0.4 is 5.73 Å². The van der Waals surface area contributed by atoms with E-state index in [0.29, 0.717) is 0 Å². The minimum absolute atomic E-state index is 0.0625. The van der Waals surface area contributed by atoms with Crippen LogP contribution in [-0.4, -0.2) is 10.0 Å². The Morgan fingerprint density at radius 3 is 1.83 bits per heavy atom. The molecule has 1 nitrogen and oxygen atoms in total. The number of nitrogens with two attached hydrogens (primary N) is 1. The molecule has 0 saturated heterocycles. The molecule has 0 saturated carbocycles. The van der Waals surface area contributed by atoms with Gasteiger partial charge in [-0.25, -0.2) is 4.39 Å². The van der Waals surface area contributed by atoms with Gasteiger partial charge in [-0.1, -0.05) is 0 Å². The van der Waals surface area contributed by atoms with Crippen LogP contribution in [0.4, 0.5) is 4.39 Å². The topological polar surface area (TPSA) is 26.0 Å². The summed E-state index contributed by atoms with van der Waals surface area (Å²) in [5, 5.41) is 0. The number of halogens is 3. The number of alkyl halides is 3. The van der Waals surface area contributed by atoms with E-state index < -0.39 is 3.49 Å². The molecule has 0 heterocycles. The second-order valence-electron chi connectivity index (χ2n) is 0.819. The van der Waals surface area contributed by atoms with Crippen molar-refractivity contribution in [1.29, 1.82) is 0 Å². The molecular formula is C2H4Br2FN. The Bertz CT molecular complexity index is 41.3. The number of hydrogen-bond donors (Lipinski definition) is 1. The van der Waals surface area contributed by atoms with Crippen molar-refractivity contribution in [2.75, 3.05) is 6.54 Å². The molecule has 0 aromatic heterocycles. The summed E-state index contributed by atoms with van der Waals surface area (Å²) in [6, 6.07) is 0. The molecule has 0 fully saturated rings. The normalized spacial score (nSPS) is 12.0. The highest BCUT2D eigenvalue weighted by Gasteiger charge is 2.16. The van der Waals surface area contributed by atoms with Crippen molar-refractivity contribution in [3.05, 3.63) is 0 Å². The van der Waals surface area contributed by atoms with Crippen molar-refractivity contribution < 1.29 is 4.39 Å². The number of hydrogen-bond acceptors (Lipinski definition) is 1. The summed E-state index contributed by atoms with van der Waals surface area (Å²) in [6.07, 6.45) is 0. The van der Waals surface area contributed by atoms with E-state index in [1.807, 2.05) is 0 Å². The van der Waals surface area contributed by atoms with Gasteiger partial charge in [0.15, 0.2) is 0 Å². The van der Waals surface area contributed by atoms with E-state index in [2.05, 4.69) is 31.9 Å².